The zero-order valence-electron chi connectivity index (χ0n) is 14.4. The Morgan fingerprint density at radius 1 is 1.32 bits per heavy atom. The van der Waals surface area contributed by atoms with Gasteiger partial charge in [0, 0.05) is 44.7 Å². The van der Waals surface area contributed by atoms with Gasteiger partial charge in [0.05, 0.1) is 13.2 Å². The number of rotatable bonds is 8. The number of ether oxygens (including phenoxy) is 1. The Morgan fingerprint density at radius 2 is 2.05 bits per heavy atom. The van der Waals surface area contributed by atoms with Gasteiger partial charge in [0.15, 0.2) is 0 Å². The summed E-state index contributed by atoms with van der Waals surface area (Å²) >= 11 is 0. The predicted octanol–water partition coefficient (Wildman–Crippen LogP) is 0.718. The fourth-order valence-electron chi connectivity index (χ4n) is 2.51. The Balaban J connectivity index is 2.33. The lowest BCUT2D eigenvalue weighted by molar-refractivity contribution is -0.136. The van der Waals surface area contributed by atoms with Crippen LogP contribution in [-0.4, -0.2) is 73.6 Å². The molecule has 1 rings (SSSR count). The minimum atomic E-state index is -0.0424. The second-order valence-electron chi connectivity index (χ2n) is 5.95. The first kappa shape index (κ1) is 18.9. The Hall–Kier alpha value is -1.14. The standard InChI is InChI=1S/C16H31N3O3/c1-5-13(3)16(21)17-11-15(20)19-8-7-18(14(4)12-19)9-10-22-6-2/h13-14H,5-12H2,1-4H3,(H,17,21)/t13-,14-/m0/s1. The van der Waals surface area contributed by atoms with Crippen LogP contribution in [0.3, 0.4) is 0 Å². The molecule has 1 heterocycles. The molecule has 0 spiro atoms. The summed E-state index contributed by atoms with van der Waals surface area (Å²) in [6.45, 7) is 12.7. The lowest BCUT2D eigenvalue weighted by Crippen LogP contribution is -2.55. The number of nitrogens with one attached hydrogen (secondary N) is 1. The number of hydrogen-bond donors (Lipinski definition) is 1. The fourth-order valence-corrected chi connectivity index (χ4v) is 2.51. The molecule has 2 amide bonds. The van der Waals surface area contributed by atoms with E-state index in [1.165, 1.54) is 0 Å². The molecule has 1 aliphatic heterocycles. The summed E-state index contributed by atoms with van der Waals surface area (Å²) in [4.78, 5) is 28.1. The highest BCUT2D eigenvalue weighted by atomic mass is 16.5. The highest BCUT2D eigenvalue weighted by Crippen LogP contribution is 2.09. The molecule has 0 saturated carbocycles. The monoisotopic (exact) mass is 313 g/mol. The molecular formula is C16H31N3O3. The quantitative estimate of drug-likeness (QED) is 0.671. The molecule has 0 unspecified atom stereocenters. The van der Waals surface area contributed by atoms with Crippen molar-refractivity contribution in [2.45, 2.75) is 40.2 Å². The van der Waals surface area contributed by atoms with Gasteiger partial charge in [0.25, 0.3) is 0 Å². The molecule has 1 saturated heterocycles. The normalized spacial score (nSPS) is 20.7. The van der Waals surface area contributed by atoms with E-state index in [-0.39, 0.29) is 24.3 Å². The topological polar surface area (TPSA) is 61.9 Å². The van der Waals surface area contributed by atoms with Gasteiger partial charge in [-0.15, -0.1) is 0 Å². The Morgan fingerprint density at radius 3 is 2.64 bits per heavy atom. The summed E-state index contributed by atoms with van der Waals surface area (Å²) in [5, 5.41) is 2.73. The number of hydrogen-bond acceptors (Lipinski definition) is 4. The van der Waals surface area contributed by atoms with Gasteiger partial charge in [-0.25, -0.2) is 0 Å². The number of carbonyl (C=O) groups is 2. The van der Waals surface area contributed by atoms with E-state index in [4.69, 9.17) is 4.74 Å². The molecule has 1 aliphatic rings. The zero-order valence-corrected chi connectivity index (χ0v) is 14.4. The van der Waals surface area contributed by atoms with Crippen LogP contribution in [-0.2, 0) is 14.3 Å². The minimum Gasteiger partial charge on any atom is -0.380 e. The van der Waals surface area contributed by atoms with Gasteiger partial charge in [-0.2, -0.15) is 0 Å². The van der Waals surface area contributed by atoms with Gasteiger partial charge in [0.1, 0.15) is 0 Å². The van der Waals surface area contributed by atoms with Crippen molar-refractivity contribution < 1.29 is 14.3 Å². The molecule has 0 aromatic rings. The molecule has 0 aromatic heterocycles. The third-order valence-corrected chi connectivity index (χ3v) is 4.32. The first-order valence-corrected chi connectivity index (χ1v) is 8.36. The van der Waals surface area contributed by atoms with E-state index >= 15 is 0 Å². The molecule has 0 aliphatic carbocycles. The average Bonchev–Trinajstić information content (AvgIpc) is 2.53. The summed E-state index contributed by atoms with van der Waals surface area (Å²) in [6.07, 6.45) is 0.787. The summed E-state index contributed by atoms with van der Waals surface area (Å²) in [5.74, 6) is -0.0747. The van der Waals surface area contributed by atoms with E-state index in [1.807, 2.05) is 25.7 Å². The van der Waals surface area contributed by atoms with Gasteiger partial charge in [0.2, 0.25) is 11.8 Å². The van der Waals surface area contributed by atoms with E-state index in [2.05, 4.69) is 17.1 Å². The fraction of sp³-hybridized carbons (Fsp3) is 0.875. The van der Waals surface area contributed by atoms with Crippen LogP contribution in [0.2, 0.25) is 0 Å². The van der Waals surface area contributed by atoms with Crippen molar-refractivity contribution in [1.29, 1.82) is 0 Å². The smallest absolute Gasteiger partial charge is 0.242 e. The van der Waals surface area contributed by atoms with E-state index in [9.17, 15) is 9.59 Å². The highest BCUT2D eigenvalue weighted by molar-refractivity contribution is 5.85. The Labute approximate surface area is 134 Å². The molecule has 2 atom stereocenters. The number of nitrogens with zero attached hydrogens (tertiary/aromatic N) is 2. The zero-order chi connectivity index (χ0) is 16.5. The second-order valence-corrected chi connectivity index (χ2v) is 5.95. The number of amides is 2. The molecule has 1 fully saturated rings. The lowest BCUT2D eigenvalue weighted by atomic mass is 10.1. The van der Waals surface area contributed by atoms with E-state index < -0.39 is 0 Å². The van der Waals surface area contributed by atoms with Crippen LogP contribution < -0.4 is 5.32 Å². The van der Waals surface area contributed by atoms with Gasteiger partial charge in [-0.05, 0) is 20.3 Å². The highest BCUT2D eigenvalue weighted by Gasteiger charge is 2.26. The largest absolute Gasteiger partial charge is 0.380 e. The van der Waals surface area contributed by atoms with Crippen molar-refractivity contribution in [3.05, 3.63) is 0 Å². The molecular weight excluding hydrogens is 282 g/mol. The van der Waals surface area contributed by atoms with Crippen molar-refractivity contribution >= 4 is 11.8 Å². The van der Waals surface area contributed by atoms with Crippen molar-refractivity contribution in [1.82, 2.24) is 15.1 Å². The maximum Gasteiger partial charge on any atom is 0.242 e. The number of piperazine rings is 1. The SMILES string of the molecule is CCOCCN1CCN(C(=O)CNC(=O)[C@@H](C)CC)C[C@@H]1C. The van der Waals surface area contributed by atoms with Crippen LogP contribution in [0.5, 0.6) is 0 Å². The first-order valence-electron chi connectivity index (χ1n) is 8.36. The van der Waals surface area contributed by atoms with Crippen molar-refractivity contribution in [2.24, 2.45) is 5.92 Å². The van der Waals surface area contributed by atoms with Crippen LogP contribution >= 0.6 is 0 Å². The van der Waals surface area contributed by atoms with Gasteiger partial charge in [-0.3, -0.25) is 14.5 Å². The van der Waals surface area contributed by atoms with Crippen LogP contribution in [0.25, 0.3) is 0 Å². The Kier molecular flexibility index (Phi) is 8.42. The molecule has 22 heavy (non-hydrogen) atoms. The summed E-state index contributed by atoms with van der Waals surface area (Å²) in [5.41, 5.74) is 0. The van der Waals surface area contributed by atoms with Crippen LogP contribution in [0.1, 0.15) is 34.1 Å². The molecule has 0 bridgehead atoms. The van der Waals surface area contributed by atoms with Crippen molar-refractivity contribution in [3.63, 3.8) is 0 Å². The molecule has 6 heteroatoms. The van der Waals surface area contributed by atoms with Crippen LogP contribution in [0, 0.1) is 5.92 Å². The van der Waals surface area contributed by atoms with E-state index in [1.54, 1.807) is 0 Å². The summed E-state index contributed by atoms with van der Waals surface area (Å²) < 4.78 is 5.39. The minimum absolute atomic E-state index is 0.00737. The molecule has 0 radical (unpaired) electrons. The van der Waals surface area contributed by atoms with Gasteiger partial charge < -0.3 is 15.0 Å². The molecule has 128 valence electrons. The van der Waals surface area contributed by atoms with E-state index in [0.717, 1.165) is 32.7 Å². The molecule has 1 N–H and O–H groups in total. The van der Waals surface area contributed by atoms with E-state index in [0.29, 0.717) is 19.1 Å². The van der Waals surface area contributed by atoms with Gasteiger partial charge >= 0.3 is 0 Å². The maximum atomic E-state index is 12.2. The lowest BCUT2D eigenvalue weighted by Gasteiger charge is -2.39. The third-order valence-electron chi connectivity index (χ3n) is 4.32. The summed E-state index contributed by atoms with van der Waals surface area (Å²) in [7, 11) is 0. The summed E-state index contributed by atoms with van der Waals surface area (Å²) in [6, 6.07) is 0.323. The second kappa shape index (κ2) is 9.79. The third kappa shape index (κ3) is 5.93. The van der Waals surface area contributed by atoms with Gasteiger partial charge in [-0.1, -0.05) is 13.8 Å². The van der Waals surface area contributed by atoms with Crippen molar-refractivity contribution in [3.8, 4) is 0 Å². The molecule has 0 aromatic carbocycles. The average molecular weight is 313 g/mol. The van der Waals surface area contributed by atoms with Crippen LogP contribution in [0.4, 0.5) is 0 Å². The first-order chi connectivity index (χ1) is 10.5. The molecule has 6 nitrogen and oxygen atoms in total. The van der Waals surface area contributed by atoms with Crippen LogP contribution in [0.15, 0.2) is 0 Å². The number of carbonyl (C=O) groups excluding carboxylic acids is 2. The maximum absolute atomic E-state index is 12.2. The Bertz CT molecular complexity index is 363. The van der Waals surface area contributed by atoms with Crippen molar-refractivity contribution in [2.75, 3.05) is 45.9 Å². The predicted molar refractivity (Wildman–Crippen MR) is 86.6 cm³/mol.